The first-order chi connectivity index (χ1) is 9.52. The lowest BCUT2D eigenvalue weighted by Crippen LogP contribution is -2.25. The molecule has 2 rings (SSSR count). The number of hydrogen-bond acceptors (Lipinski definition) is 2. The molecule has 104 valence electrons. The number of halogens is 1. The molecule has 0 saturated carbocycles. The zero-order valence-electron chi connectivity index (χ0n) is 11.6. The monoisotopic (exact) mass is 271 g/mol. The van der Waals surface area contributed by atoms with E-state index in [1.807, 2.05) is 43.1 Å². The van der Waals surface area contributed by atoms with Gasteiger partial charge >= 0.3 is 0 Å². The van der Waals surface area contributed by atoms with Gasteiger partial charge in [-0.05, 0) is 25.1 Å². The van der Waals surface area contributed by atoms with Crippen LogP contribution < -0.4 is 10.6 Å². The molecule has 3 nitrogen and oxygen atoms in total. The van der Waals surface area contributed by atoms with Crippen LogP contribution in [0.5, 0.6) is 0 Å². The Bertz CT molecular complexity index is 625. The van der Waals surface area contributed by atoms with Gasteiger partial charge in [0.25, 0.3) is 0 Å². The molecule has 1 unspecified atom stereocenters. The van der Waals surface area contributed by atoms with Crippen molar-refractivity contribution in [2.24, 2.45) is 5.73 Å². The number of benzene rings is 2. The van der Waals surface area contributed by atoms with E-state index in [2.05, 4.69) is 0 Å². The lowest BCUT2D eigenvalue weighted by Gasteiger charge is -2.29. The fourth-order valence-corrected chi connectivity index (χ4v) is 2.24. The fourth-order valence-electron chi connectivity index (χ4n) is 2.24. The van der Waals surface area contributed by atoms with Crippen molar-refractivity contribution >= 4 is 11.5 Å². The Morgan fingerprint density at radius 3 is 2.40 bits per heavy atom. The van der Waals surface area contributed by atoms with Gasteiger partial charge in [-0.2, -0.15) is 0 Å². The second-order valence-corrected chi connectivity index (χ2v) is 4.74. The van der Waals surface area contributed by atoms with Crippen LogP contribution in [-0.2, 0) is 0 Å². The molecule has 4 heteroatoms. The Kier molecular flexibility index (Phi) is 4.03. The highest BCUT2D eigenvalue weighted by atomic mass is 19.1. The lowest BCUT2D eigenvalue weighted by atomic mass is 10.0. The summed E-state index contributed by atoms with van der Waals surface area (Å²) in [4.78, 5) is 1.93. The normalized spacial score (nSPS) is 11.9. The summed E-state index contributed by atoms with van der Waals surface area (Å²) in [5, 5.41) is 7.63. The number of anilines is 1. The Labute approximate surface area is 118 Å². The third kappa shape index (κ3) is 2.64. The molecular formula is C16H18FN3. The third-order valence-corrected chi connectivity index (χ3v) is 3.51. The summed E-state index contributed by atoms with van der Waals surface area (Å²) in [6.07, 6.45) is 0. The molecule has 0 aromatic heterocycles. The molecule has 3 N–H and O–H groups in total. The molecule has 2 aromatic rings. The summed E-state index contributed by atoms with van der Waals surface area (Å²) in [6.45, 7) is 1.93. The van der Waals surface area contributed by atoms with Crippen LogP contribution >= 0.6 is 0 Å². The van der Waals surface area contributed by atoms with E-state index in [0.717, 1.165) is 5.69 Å². The maximum Gasteiger partial charge on any atom is 0.128 e. The molecule has 0 aliphatic heterocycles. The summed E-state index contributed by atoms with van der Waals surface area (Å²) < 4.78 is 13.9. The number of nitrogens with zero attached hydrogens (tertiary/aromatic N) is 1. The maximum atomic E-state index is 13.9. The minimum atomic E-state index is -0.229. The number of hydrogen-bond donors (Lipinski definition) is 2. The van der Waals surface area contributed by atoms with E-state index in [0.29, 0.717) is 11.1 Å². The van der Waals surface area contributed by atoms with Gasteiger partial charge in [-0.1, -0.05) is 30.3 Å². The van der Waals surface area contributed by atoms with Crippen molar-refractivity contribution < 1.29 is 4.39 Å². The number of amidine groups is 1. The number of nitrogens with one attached hydrogen (secondary N) is 1. The zero-order chi connectivity index (χ0) is 14.7. The summed E-state index contributed by atoms with van der Waals surface area (Å²) in [7, 11) is 1.87. The van der Waals surface area contributed by atoms with Crippen LogP contribution in [0.4, 0.5) is 10.1 Å². The summed E-state index contributed by atoms with van der Waals surface area (Å²) in [5.74, 6) is -0.222. The van der Waals surface area contributed by atoms with Gasteiger partial charge in [-0.3, -0.25) is 5.41 Å². The highest BCUT2D eigenvalue weighted by molar-refractivity contribution is 6.00. The van der Waals surface area contributed by atoms with Crippen LogP contribution in [0.2, 0.25) is 0 Å². The zero-order valence-corrected chi connectivity index (χ0v) is 11.6. The highest BCUT2D eigenvalue weighted by Gasteiger charge is 2.18. The second kappa shape index (κ2) is 5.74. The molecule has 2 aromatic carbocycles. The smallest absolute Gasteiger partial charge is 0.128 e. The van der Waals surface area contributed by atoms with Crippen LogP contribution in [0.3, 0.4) is 0 Å². The molecule has 0 saturated heterocycles. The summed E-state index contributed by atoms with van der Waals surface area (Å²) in [6, 6.07) is 14.0. The largest absolute Gasteiger partial charge is 0.384 e. The van der Waals surface area contributed by atoms with Crippen molar-refractivity contribution in [1.82, 2.24) is 0 Å². The van der Waals surface area contributed by atoms with Crippen molar-refractivity contribution in [3.8, 4) is 0 Å². The van der Waals surface area contributed by atoms with Crippen LogP contribution in [0.15, 0.2) is 48.5 Å². The molecular weight excluding hydrogens is 253 g/mol. The summed E-state index contributed by atoms with van der Waals surface area (Å²) >= 11 is 0. The van der Waals surface area contributed by atoms with Crippen LogP contribution in [0.1, 0.15) is 24.1 Å². The van der Waals surface area contributed by atoms with E-state index < -0.39 is 0 Å². The molecule has 20 heavy (non-hydrogen) atoms. The second-order valence-electron chi connectivity index (χ2n) is 4.74. The Balaban J connectivity index is 2.39. The predicted octanol–water partition coefficient (Wildman–Crippen LogP) is 3.31. The SMILES string of the molecule is CC(c1ccccc1F)N(C)c1ccccc1C(=N)N. The molecule has 0 spiro atoms. The molecule has 0 amide bonds. The van der Waals surface area contributed by atoms with Crippen molar-refractivity contribution in [1.29, 1.82) is 5.41 Å². The Hall–Kier alpha value is -2.36. The van der Waals surface area contributed by atoms with Crippen LogP contribution in [0, 0.1) is 11.2 Å². The minimum absolute atomic E-state index is 0.00758. The Morgan fingerprint density at radius 2 is 1.75 bits per heavy atom. The molecule has 1 atom stereocenters. The van der Waals surface area contributed by atoms with Gasteiger partial charge in [-0.25, -0.2) is 4.39 Å². The predicted molar refractivity (Wildman–Crippen MR) is 80.7 cm³/mol. The molecule has 0 fully saturated rings. The van der Waals surface area contributed by atoms with Gasteiger partial charge in [0, 0.05) is 23.9 Å². The summed E-state index contributed by atoms with van der Waals surface area (Å²) in [5.41, 5.74) is 7.69. The van der Waals surface area contributed by atoms with Gasteiger partial charge in [0.15, 0.2) is 0 Å². The van der Waals surface area contributed by atoms with Gasteiger partial charge in [0.2, 0.25) is 0 Å². The van der Waals surface area contributed by atoms with Gasteiger partial charge in [-0.15, -0.1) is 0 Å². The standard InChI is InChI=1S/C16H18FN3/c1-11(12-7-3-5-9-14(12)17)20(2)15-10-6-4-8-13(15)16(18)19/h3-11H,1-2H3,(H3,18,19). The number of para-hydroxylation sites is 1. The molecule has 0 bridgehead atoms. The molecule has 0 heterocycles. The maximum absolute atomic E-state index is 13.9. The quantitative estimate of drug-likeness (QED) is 0.662. The van der Waals surface area contributed by atoms with Crippen molar-refractivity contribution in [3.05, 3.63) is 65.5 Å². The number of rotatable bonds is 4. The average Bonchev–Trinajstić information content (AvgIpc) is 2.46. The van der Waals surface area contributed by atoms with E-state index >= 15 is 0 Å². The first-order valence-corrected chi connectivity index (χ1v) is 6.43. The molecule has 0 aliphatic rings. The number of nitrogen functional groups attached to an aromatic ring is 1. The van der Waals surface area contributed by atoms with Crippen molar-refractivity contribution in [2.45, 2.75) is 13.0 Å². The van der Waals surface area contributed by atoms with Gasteiger partial charge < -0.3 is 10.6 Å². The molecule has 0 radical (unpaired) electrons. The van der Waals surface area contributed by atoms with Crippen molar-refractivity contribution in [2.75, 3.05) is 11.9 Å². The van der Waals surface area contributed by atoms with E-state index in [1.54, 1.807) is 18.2 Å². The van der Waals surface area contributed by atoms with Gasteiger partial charge in [0.1, 0.15) is 11.7 Å². The van der Waals surface area contributed by atoms with E-state index in [9.17, 15) is 4.39 Å². The molecule has 0 aliphatic carbocycles. The third-order valence-electron chi connectivity index (χ3n) is 3.51. The fraction of sp³-hybridized carbons (Fsp3) is 0.188. The topological polar surface area (TPSA) is 53.1 Å². The van der Waals surface area contributed by atoms with E-state index in [1.165, 1.54) is 6.07 Å². The number of nitrogens with two attached hydrogens (primary N) is 1. The minimum Gasteiger partial charge on any atom is -0.384 e. The lowest BCUT2D eigenvalue weighted by molar-refractivity contribution is 0.585. The van der Waals surface area contributed by atoms with E-state index in [-0.39, 0.29) is 17.7 Å². The highest BCUT2D eigenvalue weighted by Crippen LogP contribution is 2.29. The first kappa shape index (κ1) is 14.1. The van der Waals surface area contributed by atoms with Crippen LogP contribution in [0.25, 0.3) is 0 Å². The van der Waals surface area contributed by atoms with Gasteiger partial charge in [0.05, 0.1) is 6.04 Å². The average molecular weight is 271 g/mol. The van der Waals surface area contributed by atoms with Crippen molar-refractivity contribution in [3.63, 3.8) is 0 Å². The first-order valence-electron chi connectivity index (χ1n) is 6.43. The Morgan fingerprint density at radius 1 is 1.15 bits per heavy atom. The van der Waals surface area contributed by atoms with Crippen LogP contribution in [-0.4, -0.2) is 12.9 Å². The van der Waals surface area contributed by atoms with E-state index in [4.69, 9.17) is 11.1 Å².